The average Bonchev–Trinajstić information content (AvgIpc) is 2.38. The lowest BCUT2D eigenvalue weighted by molar-refractivity contribution is 0.0735. The van der Waals surface area contributed by atoms with Crippen LogP contribution in [0.3, 0.4) is 0 Å². The molecule has 0 bridgehead atoms. The Balaban J connectivity index is 2.37. The van der Waals surface area contributed by atoms with Gasteiger partial charge in [0, 0.05) is 13.1 Å². The van der Waals surface area contributed by atoms with Crippen molar-refractivity contribution in [3.63, 3.8) is 0 Å². The van der Waals surface area contributed by atoms with Gasteiger partial charge in [-0.15, -0.1) is 0 Å². The van der Waals surface area contributed by atoms with E-state index < -0.39 is 0 Å². The standard InChI is InChI=1S/C12H18N2O3/c1-2-14(8-9-17-13)12(15)16-10-11-6-4-3-5-7-11/h3-7H,2,8-10,13H2,1H3. The van der Waals surface area contributed by atoms with Crippen LogP contribution in [0.1, 0.15) is 12.5 Å². The van der Waals surface area contributed by atoms with E-state index in [0.717, 1.165) is 5.56 Å². The monoisotopic (exact) mass is 238 g/mol. The molecule has 5 nitrogen and oxygen atoms in total. The van der Waals surface area contributed by atoms with Crippen molar-refractivity contribution >= 4 is 6.09 Å². The second kappa shape index (κ2) is 7.65. The van der Waals surface area contributed by atoms with Crippen LogP contribution in [0.4, 0.5) is 4.79 Å². The Kier molecular flexibility index (Phi) is 6.06. The molecular weight excluding hydrogens is 220 g/mol. The number of benzene rings is 1. The Hall–Kier alpha value is -1.59. The van der Waals surface area contributed by atoms with Gasteiger partial charge in [0.1, 0.15) is 6.61 Å². The summed E-state index contributed by atoms with van der Waals surface area (Å²) >= 11 is 0. The molecule has 0 unspecified atom stereocenters. The van der Waals surface area contributed by atoms with E-state index >= 15 is 0 Å². The van der Waals surface area contributed by atoms with Crippen molar-refractivity contribution in [2.75, 3.05) is 19.7 Å². The summed E-state index contributed by atoms with van der Waals surface area (Å²) in [5.41, 5.74) is 0.965. The molecule has 0 aromatic heterocycles. The summed E-state index contributed by atoms with van der Waals surface area (Å²) in [5, 5.41) is 0. The molecule has 1 amide bonds. The van der Waals surface area contributed by atoms with E-state index in [1.54, 1.807) is 0 Å². The maximum Gasteiger partial charge on any atom is 0.410 e. The highest BCUT2D eigenvalue weighted by Crippen LogP contribution is 2.03. The number of likely N-dealkylation sites (N-methyl/N-ethyl adjacent to an activating group) is 1. The quantitative estimate of drug-likeness (QED) is 0.763. The molecule has 0 saturated heterocycles. The molecule has 5 heteroatoms. The molecule has 0 saturated carbocycles. The third kappa shape index (κ3) is 4.84. The summed E-state index contributed by atoms with van der Waals surface area (Å²) in [4.78, 5) is 17.6. The number of nitrogens with zero attached hydrogens (tertiary/aromatic N) is 1. The molecule has 17 heavy (non-hydrogen) atoms. The summed E-state index contributed by atoms with van der Waals surface area (Å²) < 4.78 is 5.17. The Morgan fingerprint density at radius 3 is 2.65 bits per heavy atom. The van der Waals surface area contributed by atoms with Gasteiger partial charge in [0.25, 0.3) is 0 Å². The van der Waals surface area contributed by atoms with Gasteiger partial charge in [-0.3, -0.25) is 0 Å². The van der Waals surface area contributed by atoms with E-state index in [9.17, 15) is 4.79 Å². The topological polar surface area (TPSA) is 64.8 Å². The second-order valence-electron chi connectivity index (χ2n) is 3.49. The van der Waals surface area contributed by atoms with Crippen molar-refractivity contribution < 1.29 is 14.4 Å². The molecule has 0 aliphatic heterocycles. The Bertz CT molecular complexity index is 330. The van der Waals surface area contributed by atoms with Gasteiger partial charge in [0.2, 0.25) is 0 Å². The number of ether oxygens (including phenoxy) is 1. The molecule has 1 aromatic carbocycles. The molecule has 0 heterocycles. The fraction of sp³-hybridized carbons (Fsp3) is 0.417. The Morgan fingerprint density at radius 2 is 2.06 bits per heavy atom. The smallest absolute Gasteiger partial charge is 0.410 e. The van der Waals surface area contributed by atoms with Gasteiger partial charge in [-0.05, 0) is 12.5 Å². The van der Waals surface area contributed by atoms with Crippen LogP contribution in [0.5, 0.6) is 0 Å². The lowest BCUT2D eigenvalue weighted by Crippen LogP contribution is -2.34. The first kappa shape index (κ1) is 13.5. The summed E-state index contributed by atoms with van der Waals surface area (Å²) in [6.07, 6.45) is -0.353. The lowest BCUT2D eigenvalue weighted by Gasteiger charge is -2.19. The van der Waals surface area contributed by atoms with Crippen LogP contribution in [-0.4, -0.2) is 30.7 Å². The van der Waals surface area contributed by atoms with Gasteiger partial charge in [0.15, 0.2) is 0 Å². The lowest BCUT2D eigenvalue weighted by atomic mass is 10.2. The number of amides is 1. The number of nitrogens with two attached hydrogens (primary N) is 1. The van der Waals surface area contributed by atoms with Gasteiger partial charge < -0.3 is 14.5 Å². The number of carbonyl (C=O) groups excluding carboxylic acids is 1. The molecule has 0 aliphatic carbocycles. The maximum atomic E-state index is 11.7. The predicted octanol–water partition coefficient (Wildman–Crippen LogP) is 1.54. The third-order valence-corrected chi connectivity index (χ3v) is 2.32. The highest BCUT2D eigenvalue weighted by Gasteiger charge is 2.12. The molecular formula is C12H18N2O3. The largest absolute Gasteiger partial charge is 0.445 e. The minimum Gasteiger partial charge on any atom is -0.445 e. The zero-order valence-electron chi connectivity index (χ0n) is 9.96. The summed E-state index contributed by atoms with van der Waals surface area (Å²) in [7, 11) is 0. The number of carbonyl (C=O) groups is 1. The van der Waals surface area contributed by atoms with Crippen LogP contribution < -0.4 is 5.90 Å². The summed E-state index contributed by atoms with van der Waals surface area (Å²) in [5.74, 6) is 4.92. The molecule has 2 N–H and O–H groups in total. The first-order chi connectivity index (χ1) is 8.27. The van der Waals surface area contributed by atoms with E-state index in [2.05, 4.69) is 4.84 Å². The second-order valence-corrected chi connectivity index (χ2v) is 3.49. The van der Waals surface area contributed by atoms with Gasteiger partial charge in [-0.2, -0.15) is 0 Å². The van der Waals surface area contributed by atoms with Crippen molar-refractivity contribution in [1.29, 1.82) is 0 Å². The summed E-state index contributed by atoms with van der Waals surface area (Å²) in [6, 6.07) is 9.55. The van der Waals surface area contributed by atoms with E-state index in [0.29, 0.717) is 19.7 Å². The first-order valence-electron chi connectivity index (χ1n) is 5.55. The van der Waals surface area contributed by atoms with E-state index in [1.807, 2.05) is 37.3 Å². The maximum absolute atomic E-state index is 11.7. The fourth-order valence-electron chi connectivity index (χ4n) is 1.35. The van der Waals surface area contributed by atoms with Crippen LogP contribution in [0, 0.1) is 0 Å². The molecule has 0 atom stereocenters. The predicted molar refractivity (Wildman–Crippen MR) is 64.0 cm³/mol. The van der Waals surface area contributed by atoms with Crippen molar-refractivity contribution in [2.45, 2.75) is 13.5 Å². The van der Waals surface area contributed by atoms with Gasteiger partial charge in [0.05, 0.1) is 6.61 Å². The van der Waals surface area contributed by atoms with E-state index in [-0.39, 0.29) is 12.7 Å². The minimum atomic E-state index is -0.353. The van der Waals surface area contributed by atoms with E-state index in [4.69, 9.17) is 10.6 Å². The molecule has 1 aromatic rings. The van der Waals surface area contributed by atoms with Crippen LogP contribution in [0.15, 0.2) is 30.3 Å². The fourth-order valence-corrected chi connectivity index (χ4v) is 1.35. The van der Waals surface area contributed by atoms with Crippen molar-refractivity contribution in [3.8, 4) is 0 Å². The summed E-state index contributed by atoms with van der Waals surface area (Å²) in [6.45, 7) is 3.45. The average molecular weight is 238 g/mol. The first-order valence-corrected chi connectivity index (χ1v) is 5.55. The number of hydrogen-bond donors (Lipinski definition) is 1. The minimum absolute atomic E-state index is 0.277. The number of rotatable bonds is 6. The van der Waals surface area contributed by atoms with Gasteiger partial charge in [-0.25, -0.2) is 10.7 Å². The van der Waals surface area contributed by atoms with Crippen molar-refractivity contribution in [2.24, 2.45) is 5.90 Å². The molecule has 1 rings (SSSR count). The zero-order chi connectivity index (χ0) is 12.5. The van der Waals surface area contributed by atoms with Crippen molar-refractivity contribution in [3.05, 3.63) is 35.9 Å². The SMILES string of the molecule is CCN(CCON)C(=O)OCc1ccccc1. The Morgan fingerprint density at radius 1 is 1.35 bits per heavy atom. The normalized spacial score (nSPS) is 10.0. The van der Waals surface area contributed by atoms with E-state index in [1.165, 1.54) is 4.90 Å². The van der Waals surface area contributed by atoms with Gasteiger partial charge in [-0.1, -0.05) is 30.3 Å². The highest BCUT2D eigenvalue weighted by molar-refractivity contribution is 5.67. The molecule has 0 radical (unpaired) electrons. The zero-order valence-corrected chi connectivity index (χ0v) is 9.96. The third-order valence-electron chi connectivity index (χ3n) is 2.32. The molecule has 0 spiro atoms. The van der Waals surface area contributed by atoms with Gasteiger partial charge >= 0.3 is 6.09 Å². The molecule has 0 aliphatic rings. The highest BCUT2D eigenvalue weighted by atomic mass is 16.6. The molecule has 94 valence electrons. The van der Waals surface area contributed by atoms with Crippen LogP contribution in [-0.2, 0) is 16.2 Å². The number of hydrogen-bond acceptors (Lipinski definition) is 4. The van der Waals surface area contributed by atoms with Crippen LogP contribution in [0.25, 0.3) is 0 Å². The van der Waals surface area contributed by atoms with Crippen LogP contribution in [0.2, 0.25) is 0 Å². The van der Waals surface area contributed by atoms with Crippen LogP contribution >= 0.6 is 0 Å². The van der Waals surface area contributed by atoms with Crippen molar-refractivity contribution in [1.82, 2.24) is 4.90 Å². The molecule has 0 fully saturated rings. The Labute approximate surface area is 101 Å².